The van der Waals surface area contributed by atoms with Crippen LogP contribution in [0.4, 0.5) is 26.3 Å². The molecule has 186 valence electrons. The van der Waals surface area contributed by atoms with Gasteiger partial charge < -0.3 is 0 Å². The van der Waals surface area contributed by atoms with Crippen molar-refractivity contribution in [3.05, 3.63) is 70.8 Å². The zero-order valence-corrected chi connectivity index (χ0v) is 19.6. The summed E-state index contributed by atoms with van der Waals surface area (Å²) < 4.78 is 83.4. The van der Waals surface area contributed by atoms with Crippen LogP contribution in [0.25, 0.3) is 0 Å². The van der Waals surface area contributed by atoms with Crippen molar-refractivity contribution in [3.8, 4) is 0 Å². The van der Waals surface area contributed by atoms with Crippen LogP contribution in [0.2, 0.25) is 0 Å². The van der Waals surface area contributed by atoms with Gasteiger partial charge in [0.15, 0.2) is 0 Å². The van der Waals surface area contributed by atoms with E-state index in [1.54, 1.807) is 6.07 Å². The number of aryl methyl sites for hydroxylation is 1. The second-order valence-electron chi connectivity index (χ2n) is 10.2. The first kappa shape index (κ1) is 25.1. The number of hydrogen-bond donors (Lipinski definition) is 0. The minimum absolute atomic E-state index is 0.139. The van der Waals surface area contributed by atoms with E-state index in [-0.39, 0.29) is 36.8 Å². The molecule has 2 aromatic carbocycles. The van der Waals surface area contributed by atoms with Crippen LogP contribution in [-0.2, 0) is 23.8 Å². The van der Waals surface area contributed by atoms with E-state index in [1.807, 2.05) is 18.2 Å². The molecule has 0 aliphatic heterocycles. The Morgan fingerprint density at radius 2 is 1.32 bits per heavy atom. The van der Waals surface area contributed by atoms with Crippen molar-refractivity contribution < 1.29 is 26.3 Å². The van der Waals surface area contributed by atoms with Gasteiger partial charge in [-0.15, -0.1) is 0 Å². The third-order valence-corrected chi connectivity index (χ3v) is 7.57. The highest BCUT2D eigenvalue weighted by molar-refractivity contribution is 5.50. The number of halogens is 6. The van der Waals surface area contributed by atoms with Gasteiger partial charge in [0, 0.05) is 12.6 Å². The van der Waals surface area contributed by atoms with Crippen molar-refractivity contribution in [1.29, 1.82) is 0 Å². The lowest BCUT2D eigenvalue weighted by Gasteiger charge is -2.29. The number of benzene rings is 2. The molecule has 0 atom stereocenters. The van der Waals surface area contributed by atoms with Crippen molar-refractivity contribution in [2.24, 2.45) is 0 Å². The minimum atomic E-state index is -4.55. The van der Waals surface area contributed by atoms with Crippen LogP contribution in [0.1, 0.15) is 68.2 Å². The third kappa shape index (κ3) is 4.73. The van der Waals surface area contributed by atoms with E-state index in [0.29, 0.717) is 24.4 Å². The van der Waals surface area contributed by atoms with E-state index < -0.39 is 23.2 Å². The molecule has 0 amide bonds. The smallest absolute Gasteiger partial charge is 0.297 e. The van der Waals surface area contributed by atoms with Crippen LogP contribution in [-0.4, -0.2) is 29.8 Å². The van der Waals surface area contributed by atoms with Gasteiger partial charge in [0.2, 0.25) is 0 Å². The SMILES string of the molecule is CC(C)N(CCCc1ccc(C2(C(F)(F)F)CC2)c(C2(C(F)(F)F)CC2)c1)Cc1ccccc1. The van der Waals surface area contributed by atoms with Gasteiger partial charge in [-0.05, 0) is 81.2 Å². The fourth-order valence-corrected chi connectivity index (χ4v) is 5.05. The van der Waals surface area contributed by atoms with Gasteiger partial charge in [0.1, 0.15) is 0 Å². The highest BCUT2D eigenvalue weighted by atomic mass is 19.4. The summed E-state index contributed by atoms with van der Waals surface area (Å²) in [6.07, 6.45) is -8.41. The molecule has 7 heteroatoms. The number of hydrogen-bond acceptors (Lipinski definition) is 1. The van der Waals surface area contributed by atoms with Gasteiger partial charge in [-0.3, -0.25) is 4.90 Å². The molecule has 34 heavy (non-hydrogen) atoms. The summed E-state index contributed by atoms with van der Waals surface area (Å²) in [6, 6.07) is 14.7. The molecule has 2 aromatic rings. The molecule has 0 N–H and O–H groups in total. The fraction of sp³-hybridized carbons (Fsp3) is 0.556. The molecule has 0 unspecified atom stereocenters. The lowest BCUT2D eigenvalue weighted by molar-refractivity contribution is -0.167. The second-order valence-corrected chi connectivity index (χ2v) is 10.2. The van der Waals surface area contributed by atoms with Crippen molar-refractivity contribution in [2.45, 2.75) is 88.1 Å². The Labute approximate surface area is 197 Å². The van der Waals surface area contributed by atoms with Gasteiger partial charge in [-0.2, -0.15) is 26.3 Å². The maximum Gasteiger partial charge on any atom is 0.398 e. The predicted molar refractivity (Wildman–Crippen MR) is 121 cm³/mol. The molecule has 0 heterocycles. The van der Waals surface area contributed by atoms with Crippen LogP contribution in [0.15, 0.2) is 48.5 Å². The van der Waals surface area contributed by atoms with Gasteiger partial charge in [0.05, 0.1) is 10.8 Å². The molecule has 0 saturated heterocycles. The Morgan fingerprint density at radius 1 is 0.765 bits per heavy atom. The van der Waals surface area contributed by atoms with Crippen molar-refractivity contribution in [2.75, 3.05) is 6.54 Å². The Bertz CT molecular complexity index is 984. The number of nitrogens with zero attached hydrogens (tertiary/aromatic N) is 1. The summed E-state index contributed by atoms with van der Waals surface area (Å²) in [6.45, 7) is 5.72. The monoisotopic (exact) mass is 483 g/mol. The Balaban J connectivity index is 1.54. The maximum absolute atomic E-state index is 14.0. The molecular weight excluding hydrogens is 452 g/mol. The van der Waals surface area contributed by atoms with Gasteiger partial charge >= 0.3 is 12.4 Å². The molecular formula is C27H31F6N. The van der Waals surface area contributed by atoms with E-state index in [9.17, 15) is 26.3 Å². The highest BCUT2D eigenvalue weighted by Gasteiger charge is 2.70. The summed E-state index contributed by atoms with van der Waals surface area (Å²) in [5, 5.41) is 0. The molecule has 2 aliphatic rings. The van der Waals surface area contributed by atoms with Crippen LogP contribution < -0.4 is 0 Å². The summed E-state index contributed by atoms with van der Waals surface area (Å²) >= 11 is 0. The van der Waals surface area contributed by atoms with Crippen LogP contribution in [0.5, 0.6) is 0 Å². The molecule has 0 aromatic heterocycles. The molecule has 0 bridgehead atoms. The Hall–Kier alpha value is -2.02. The molecule has 0 radical (unpaired) electrons. The average molecular weight is 484 g/mol. The van der Waals surface area contributed by atoms with E-state index in [4.69, 9.17) is 0 Å². The summed E-state index contributed by atoms with van der Waals surface area (Å²) in [4.78, 5) is 2.30. The normalized spacial score (nSPS) is 19.0. The number of rotatable bonds is 9. The second kappa shape index (κ2) is 8.89. The average Bonchev–Trinajstić information content (AvgIpc) is 3.66. The quantitative estimate of drug-likeness (QED) is 0.330. The molecule has 2 saturated carbocycles. The summed E-state index contributed by atoms with van der Waals surface area (Å²) in [5.41, 5.74) is -2.69. The van der Waals surface area contributed by atoms with E-state index in [2.05, 4.69) is 30.9 Å². The lowest BCUT2D eigenvalue weighted by Crippen LogP contribution is -2.35. The fourth-order valence-electron chi connectivity index (χ4n) is 5.05. The topological polar surface area (TPSA) is 3.24 Å². The van der Waals surface area contributed by atoms with Crippen LogP contribution in [0, 0.1) is 0 Å². The van der Waals surface area contributed by atoms with Crippen LogP contribution >= 0.6 is 0 Å². The van der Waals surface area contributed by atoms with E-state index in [0.717, 1.165) is 13.1 Å². The Morgan fingerprint density at radius 3 is 1.82 bits per heavy atom. The molecule has 2 fully saturated rings. The first-order valence-corrected chi connectivity index (χ1v) is 11.9. The van der Waals surface area contributed by atoms with Gasteiger partial charge in [-0.1, -0.05) is 48.5 Å². The lowest BCUT2D eigenvalue weighted by atomic mass is 9.81. The molecule has 0 spiro atoms. The van der Waals surface area contributed by atoms with Crippen molar-refractivity contribution in [3.63, 3.8) is 0 Å². The Kier molecular flexibility index (Phi) is 6.56. The number of alkyl halides is 6. The summed E-state index contributed by atoms with van der Waals surface area (Å²) in [7, 11) is 0. The van der Waals surface area contributed by atoms with Gasteiger partial charge in [-0.25, -0.2) is 0 Å². The first-order chi connectivity index (χ1) is 15.9. The molecule has 2 aliphatic carbocycles. The molecule has 4 rings (SSSR count). The first-order valence-electron chi connectivity index (χ1n) is 11.9. The van der Waals surface area contributed by atoms with Crippen molar-refractivity contribution >= 4 is 0 Å². The minimum Gasteiger partial charge on any atom is -0.297 e. The third-order valence-electron chi connectivity index (χ3n) is 7.57. The highest BCUT2D eigenvalue weighted by Crippen LogP contribution is 2.66. The standard InChI is InChI=1S/C27H31F6N/c1-19(2)34(18-21-7-4-3-5-8-21)16-6-9-20-10-11-22(24(12-13-24)26(28,29)30)23(17-20)25(14-15-25)27(31,32)33/h3-5,7-8,10-11,17,19H,6,9,12-16,18H2,1-2H3. The van der Waals surface area contributed by atoms with Crippen LogP contribution in [0.3, 0.4) is 0 Å². The predicted octanol–water partition coefficient (Wildman–Crippen LogP) is 7.72. The van der Waals surface area contributed by atoms with E-state index in [1.165, 1.54) is 17.7 Å². The molecule has 1 nitrogen and oxygen atoms in total. The summed E-state index contributed by atoms with van der Waals surface area (Å²) in [5.74, 6) is 0. The van der Waals surface area contributed by atoms with Crippen molar-refractivity contribution in [1.82, 2.24) is 4.90 Å². The maximum atomic E-state index is 14.0. The largest absolute Gasteiger partial charge is 0.398 e. The zero-order valence-electron chi connectivity index (χ0n) is 19.6. The zero-order chi connectivity index (χ0) is 24.8. The van der Waals surface area contributed by atoms with Gasteiger partial charge in [0.25, 0.3) is 0 Å². The van der Waals surface area contributed by atoms with E-state index >= 15 is 0 Å².